The zero-order chi connectivity index (χ0) is 17.8. The van der Waals surface area contributed by atoms with Gasteiger partial charge < -0.3 is 0 Å². The molecule has 4 heteroatoms. The normalized spacial score (nSPS) is 16.2. The molecule has 0 N–H and O–H groups in total. The third kappa shape index (κ3) is 2.50. The van der Waals surface area contributed by atoms with Crippen LogP contribution >= 0.6 is 11.6 Å². The number of amides is 1. The van der Waals surface area contributed by atoms with Crippen molar-refractivity contribution in [2.24, 2.45) is 0 Å². The standard InChI is InChI=1S/C21H19ClN2O/c1-13-8-9-16(22)20-19(13)21(2,3)11-18(25)24(20)15-10-14-6-4-5-7-17(14)23-12-15/h4-10,12H,11H2,1-3H3. The lowest BCUT2D eigenvalue weighted by atomic mass is 9.75. The van der Waals surface area contributed by atoms with Crippen LogP contribution in [0.5, 0.6) is 0 Å². The molecule has 2 aromatic carbocycles. The van der Waals surface area contributed by atoms with Gasteiger partial charge in [0.1, 0.15) is 0 Å². The van der Waals surface area contributed by atoms with Crippen LogP contribution in [-0.2, 0) is 10.2 Å². The average Bonchev–Trinajstić information content (AvgIpc) is 2.57. The minimum atomic E-state index is -0.248. The van der Waals surface area contributed by atoms with Gasteiger partial charge in [0.2, 0.25) is 5.91 Å². The Hall–Kier alpha value is -2.39. The van der Waals surface area contributed by atoms with E-state index >= 15 is 0 Å². The first-order valence-electron chi connectivity index (χ1n) is 8.36. The van der Waals surface area contributed by atoms with Crippen molar-refractivity contribution in [1.82, 2.24) is 4.98 Å². The van der Waals surface area contributed by atoms with Gasteiger partial charge in [0, 0.05) is 17.2 Å². The molecule has 3 nitrogen and oxygen atoms in total. The Labute approximate surface area is 152 Å². The highest BCUT2D eigenvalue weighted by Crippen LogP contribution is 2.48. The summed E-state index contributed by atoms with van der Waals surface area (Å²) < 4.78 is 0. The number of pyridine rings is 1. The van der Waals surface area contributed by atoms with E-state index in [0.29, 0.717) is 11.4 Å². The van der Waals surface area contributed by atoms with Crippen LogP contribution in [0.15, 0.2) is 48.7 Å². The summed E-state index contributed by atoms with van der Waals surface area (Å²) in [5.41, 5.74) is 4.49. The van der Waals surface area contributed by atoms with E-state index in [4.69, 9.17) is 11.6 Å². The van der Waals surface area contributed by atoms with Crippen molar-refractivity contribution in [2.75, 3.05) is 4.90 Å². The summed E-state index contributed by atoms with van der Waals surface area (Å²) in [6.45, 7) is 6.27. The van der Waals surface area contributed by atoms with Crippen molar-refractivity contribution < 1.29 is 4.79 Å². The zero-order valence-corrected chi connectivity index (χ0v) is 15.3. The quantitative estimate of drug-likeness (QED) is 0.577. The van der Waals surface area contributed by atoms with E-state index in [1.165, 1.54) is 0 Å². The van der Waals surface area contributed by atoms with Gasteiger partial charge >= 0.3 is 0 Å². The van der Waals surface area contributed by atoms with Crippen molar-refractivity contribution in [3.63, 3.8) is 0 Å². The second kappa shape index (κ2) is 5.57. The molecular formula is C21H19ClN2O. The molecule has 1 aliphatic heterocycles. The number of nitrogens with zero attached hydrogens (tertiary/aromatic N) is 2. The SMILES string of the molecule is Cc1ccc(Cl)c2c1C(C)(C)CC(=O)N2c1cnc2ccccc2c1. The first kappa shape index (κ1) is 16.1. The number of halogens is 1. The van der Waals surface area contributed by atoms with Crippen LogP contribution < -0.4 is 4.90 Å². The number of fused-ring (bicyclic) bond motifs is 2. The van der Waals surface area contributed by atoms with Crippen molar-refractivity contribution in [2.45, 2.75) is 32.6 Å². The second-order valence-electron chi connectivity index (χ2n) is 7.26. The fourth-order valence-electron chi connectivity index (χ4n) is 3.86. The highest BCUT2D eigenvalue weighted by Gasteiger charge is 2.39. The molecule has 4 rings (SSSR count). The van der Waals surface area contributed by atoms with E-state index in [-0.39, 0.29) is 11.3 Å². The molecule has 0 unspecified atom stereocenters. The average molecular weight is 351 g/mol. The number of rotatable bonds is 1. The lowest BCUT2D eigenvalue weighted by Gasteiger charge is -2.40. The van der Waals surface area contributed by atoms with Crippen molar-refractivity contribution in [1.29, 1.82) is 0 Å². The summed E-state index contributed by atoms with van der Waals surface area (Å²) >= 11 is 6.56. The molecular weight excluding hydrogens is 332 g/mol. The minimum Gasteiger partial charge on any atom is -0.278 e. The van der Waals surface area contributed by atoms with E-state index in [1.54, 1.807) is 11.1 Å². The van der Waals surface area contributed by atoms with Gasteiger partial charge in [-0.3, -0.25) is 14.7 Å². The van der Waals surface area contributed by atoms with Crippen LogP contribution in [-0.4, -0.2) is 10.9 Å². The third-order valence-corrected chi connectivity index (χ3v) is 5.22. The number of hydrogen-bond donors (Lipinski definition) is 0. The van der Waals surface area contributed by atoms with Gasteiger partial charge in [-0.15, -0.1) is 0 Å². The van der Waals surface area contributed by atoms with Gasteiger partial charge in [0.25, 0.3) is 0 Å². The molecule has 0 saturated carbocycles. The Morgan fingerprint density at radius 1 is 1.16 bits per heavy atom. The molecule has 0 fully saturated rings. The highest BCUT2D eigenvalue weighted by atomic mass is 35.5. The number of carbonyl (C=O) groups is 1. The second-order valence-corrected chi connectivity index (χ2v) is 7.67. The maximum absolute atomic E-state index is 13.0. The molecule has 0 saturated heterocycles. The number of hydrogen-bond acceptors (Lipinski definition) is 2. The molecule has 25 heavy (non-hydrogen) atoms. The molecule has 0 aliphatic carbocycles. The molecule has 126 valence electrons. The van der Waals surface area contributed by atoms with E-state index in [9.17, 15) is 4.79 Å². The van der Waals surface area contributed by atoms with Crippen LogP contribution in [0.2, 0.25) is 5.02 Å². The molecule has 0 bridgehead atoms. The Morgan fingerprint density at radius 3 is 2.72 bits per heavy atom. The van der Waals surface area contributed by atoms with Gasteiger partial charge in [-0.25, -0.2) is 0 Å². The molecule has 1 aromatic heterocycles. The van der Waals surface area contributed by atoms with Crippen LogP contribution in [0, 0.1) is 6.92 Å². The van der Waals surface area contributed by atoms with Crippen molar-refractivity contribution in [3.8, 4) is 0 Å². The van der Waals surface area contributed by atoms with Crippen molar-refractivity contribution >= 4 is 39.8 Å². The van der Waals surface area contributed by atoms with Crippen LogP contribution in [0.1, 0.15) is 31.4 Å². The molecule has 3 aromatic rings. The van der Waals surface area contributed by atoms with Crippen LogP contribution in [0.3, 0.4) is 0 Å². The van der Waals surface area contributed by atoms with E-state index in [0.717, 1.165) is 33.4 Å². The van der Waals surface area contributed by atoms with E-state index in [2.05, 4.69) is 25.8 Å². The topological polar surface area (TPSA) is 33.2 Å². The van der Waals surface area contributed by atoms with Gasteiger partial charge in [-0.1, -0.05) is 49.7 Å². The Morgan fingerprint density at radius 2 is 1.92 bits per heavy atom. The van der Waals surface area contributed by atoms with Gasteiger partial charge in [0.15, 0.2) is 0 Å². The zero-order valence-electron chi connectivity index (χ0n) is 14.5. The van der Waals surface area contributed by atoms with E-state index in [1.807, 2.05) is 42.5 Å². The predicted molar refractivity (Wildman–Crippen MR) is 103 cm³/mol. The number of carbonyl (C=O) groups excluding carboxylic acids is 1. The number of anilines is 2. The first-order chi connectivity index (χ1) is 11.9. The molecule has 1 amide bonds. The maximum Gasteiger partial charge on any atom is 0.232 e. The summed E-state index contributed by atoms with van der Waals surface area (Å²) in [6, 6.07) is 13.8. The molecule has 1 aliphatic rings. The lowest BCUT2D eigenvalue weighted by Crippen LogP contribution is -2.40. The number of aromatic nitrogens is 1. The number of para-hydroxylation sites is 1. The Balaban J connectivity index is 1.98. The third-order valence-electron chi connectivity index (χ3n) is 4.91. The summed E-state index contributed by atoms with van der Waals surface area (Å²) in [4.78, 5) is 19.3. The van der Waals surface area contributed by atoms with Crippen LogP contribution in [0.4, 0.5) is 11.4 Å². The summed E-state index contributed by atoms with van der Waals surface area (Å²) in [5.74, 6) is 0.0436. The van der Waals surface area contributed by atoms with Gasteiger partial charge in [-0.2, -0.15) is 0 Å². The molecule has 0 spiro atoms. The summed E-state index contributed by atoms with van der Waals surface area (Å²) in [5, 5.41) is 1.60. The predicted octanol–water partition coefficient (Wildman–Crippen LogP) is 5.54. The highest BCUT2D eigenvalue weighted by molar-refractivity contribution is 6.34. The fourth-order valence-corrected chi connectivity index (χ4v) is 4.11. The maximum atomic E-state index is 13.0. The largest absolute Gasteiger partial charge is 0.278 e. The Bertz CT molecular complexity index is 1010. The summed E-state index contributed by atoms with van der Waals surface area (Å²) in [6.07, 6.45) is 2.19. The van der Waals surface area contributed by atoms with Gasteiger partial charge in [0.05, 0.1) is 28.1 Å². The monoisotopic (exact) mass is 350 g/mol. The first-order valence-corrected chi connectivity index (χ1v) is 8.73. The molecule has 0 radical (unpaired) electrons. The molecule has 2 heterocycles. The minimum absolute atomic E-state index is 0.0436. The van der Waals surface area contributed by atoms with Gasteiger partial charge in [-0.05, 0) is 36.2 Å². The molecule has 0 atom stereocenters. The smallest absolute Gasteiger partial charge is 0.232 e. The Kier molecular flexibility index (Phi) is 3.58. The lowest BCUT2D eigenvalue weighted by molar-refractivity contribution is -0.119. The summed E-state index contributed by atoms with van der Waals surface area (Å²) in [7, 11) is 0. The van der Waals surface area contributed by atoms with Crippen LogP contribution in [0.25, 0.3) is 10.9 Å². The number of aryl methyl sites for hydroxylation is 1. The number of benzene rings is 2. The van der Waals surface area contributed by atoms with E-state index < -0.39 is 0 Å². The fraction of sp³-hybridized carbons (Fsp3) is 0.238. The van der Waals surface area contributed by atoms with Crippen molar-refractivity contribution in [3.05, 3.63) is 64.8 Å².